The third-order valence-electron chi connectivity index (χ3n) is 3.08. The molecule has 98 valence electrons. The molecule has 0 unspecified atom stereocenters. The van der Waals surface area contributed by atoms with Gasteiger partial charge in [-0.2, -0.15) is 0 Å². The number of rotatable bonds is 5. The number of aliphatic hydroxyl groups is 1. The number of carbonyl (C=O) groups excluding carboxylic acids is 2. The molecule has 1 fully saturated rings. The van der Waals surface area contributed by atoms with Gasteiger partial charge in [-0.25, -0.2) is 0 Å². The molecule has 1 aliphatic heterocycles. The number of nitrogens with one attached hydrogen (secondary N) is 1. The number of likely N-dealkylation sites (tertiary alicyclic amines) is 1. The first-order chi connectivity index (χ1) is 8.17. The molecule has 1 saturated heterocycles. The van der Waals surface area contributed by atoms with Crippen LogP contribution in [0.15, 0.2) is 0 Å². The molecule has 0 aromatic heterocycles. The van der Waals surface area contributed by atoms with Gasteiger partial charge in [-0.1, -0.05) is 13.3 Å². The second-order valence-electron chi connectivity index (χ2n) is 4.48. The van der Waals surface area contributed by atoms with E-state index in [1.807, 2.05) is 6.92 Å². The molecule has 5 nitrogen and oxygen atoms in total. The Balaban J connectivity index is 2.40. The molecule has 0 aromatic rings. The summed E-state index contributed by atoms with van der Waals surface area (Å²) in [5.41, 5.74) is 0. The summed E-state index contributed by atoms with van der Waals surface area (Å²) in [5, 5.41) is 11.7. The van der Waals surface area contributed by atoms with Gasteiger partial charge in [0.05, 0.1) is 19.2 Å². The van der Waals surface area contributed by atoms with Crippen molar-refractivity contribution in [3.05, 3.63) is 0 Å². The first-order valence-corrected chi connectivity index (χ1v) is 6.35. The van der Waals surface area contributed by atoms with Crippen molar-refractivity contribution < 1.29 is 14.7 Å². The lowest BCUT2D eigenvalue weighted by Gasteiger charge is -2.21. The Kier molecular flexibility index (Phi) is 5.97. The fraction of sp³-hybridized carbons (Fsp3) is 0.833. The van der Waals surface area contributed by atoms with Crippen LogP contribution in [0.5, 0.6) is 0 Å². The highest BCUT2D eigenvalue weighted by molar-refractivity contribution is 5.85. The Labute approximate surface area is 102 Å². The van der Waals surface area contributed by atoms with Crippen molar-refractivity contribution >= 4 is 11.8 Å². The predicted octanol–water partition coefficient (Wildman–Crippen LogP) is 0.276. The normalized spacial score (nSPS) is 18.7. The first-order valence-electron chi connectivity index (χ1n) is 6.35. The van der Waals surface area contributed by atoms with Crippen LogP contribution in [0.2, 0.25) is 0 Å². The van der Waals surface area contributed by atoms with E-state index in [1.54, 1.807) is 4.90 Å². The van der Waals surface area contributed by atoms with E-state index < -0.39 is 0 Å². The average Bonchev–Trinajstić information content (AvgIpc) is 2.52. The van der Waals surface area contributed by atoms with Crippen LogP contribution in [-0.4, -0.2) is 47.6 Å². The molecule has 5 heteroatoms. The van der Waals surface area contributed by atoms with Crippen molar-refractivity contribution in [2.24, 2.45) is 0 Å². The molecule has 2 amide bonds. The van der Waals surface area contributed by atoms with Gasteiger partial charge in [0.25, 0.3) is 0 Å². The molecular formula is C12H22N2O3. The Bertz CT molecular complexity index is 264. The zero-order valence-corrected chi connectivity index (χ0v) is 10.4. The van der Waals surface area contributed by atoms with Crippen molar-refractivity contribution in [2.75, 3.05) is 19.7 Å². The van der Waals surface area contributed by atoms with E-state index in [1.165, 1.54) is 0 Å². The van der Waals surface area contributed by atoms with Crippen LogP contribution in [-0.2, 0) is 9.59 Å². The molecule has 0 aliphatic carbocycles. The number of aliphatic hydroxyl groups excluding tert-OH is 1. The van der Waals surface area contributed by atoms with E-state index in [-0.39, 0.29) is 31.0 Å². The predicted molar refractivity (Wildman–Crippen MR) is 64.4 cm³/mol. The summed E-state index contributed by atoms with van der Waals surface area (Å²) in [5.74, 6) is -0.115. The maximum Gasteiger partial charge on any atom is 0.239 e. The van der Waals surface area contributed by atoms with E-state index in [0.717, 1.165) is 19.3 Å². The van der Waals surface area contributed by atoms with Crippen LogP contribution in [0.1, 0.15) is 39.0 Å². The molecule has 0 spiro atoms. The molecule has 0 aromatic carbocycles. The summed E-state index contributed by atoms with van der Waals surface area (Å²) in [7, 11) is 0. The van der Waals surface area contributed by atoms with Crippen LogP contribution in [0.25, 0.3) is 0 Å². The van der Waals surface area contributed by atoms with Gasteiger partial charge in [-0.3, -0.25) is 9.59 Å². The molecular weight excluding hydrogens is 220 g/mol. The highest BCUT2D eigenvalue weighted by Gasteiger charge is 2.20. The summed E-state index contributed by atoms with van der Waals surface area (Å²) in [4.78, 5) is 25.0. The van der Waals surface area contributed by atoms with Gasteiger partial charge in [0.15, 0.2) is 0 Å². The number of amides is 2. The smallest absolute Gasteiger partial charge is 0.239 e. The summed E-state index contributed by atoms with van der Waals surface area (Å²) in [6.07, 6.45) is 4.18. The highest BCUT2D eigenvalue weighted by atomic mass is 16.3. The zero-order chi connectivity index (χ0) is 12.7. The summed E-state index contributed by atoms with van der Waals surface area (Å²) < 4.78 is 0. The van der Waals surface area contributed by atoms with Gasteiger partial charge in [0.1, 0.15) is 0 Å². The zero-order valence-electron chi connectivity index (χ0n) is 10.4. The first kappa shape index (κ1) is 14.0. The van der Waals surface area contributed by atoms with Crippen molar-refractivity contribution in [1.82, 2.24) is 10.2 Å². The fourth-order valence-electron chi connectivity index (χ4n) is 1.93. The minimum Gasteiger partial charge on any atom is -0.394 e. The number of carbonyl (C=O) groups is 2. The third-order valence-corrected chi connectivity index (χ3v) is 3.08. The van der Waals surface area contributed by atoms with Crippen LogP contribution >= 0.6 is 0 Å². The molecule has 1 rings (SSSR count). The fourth-order valence-corrected chi connectivity index (χ4v) is 1.93. The second-order valence-corrected chi connectivity index (χ2v) is 4.48. The Morgan fingerprint density at radius 1 is 1.47 bits per heavy atom. The maximum atomic E-state index is 11.7. The van der Waals surface area contributed by atoms with Crippen molar-refractivity contribution in [3.8, 4) is 0 Å². The van der Waals surface area contributed by atoms with Gasteiger partial charge in [0.2, 0.25) is 11.8 Å². The SMILES string of the molecule is CC[C@H](CO)NC(=O)CN1CCCCCC1=O. The van der Waals surface area contributed by atoms with Crippen LogP contribution in [0.3, 0.4) is 0 Å². The van der Waals surface area contributed by atoms with E-state index in [0.29, 0.717) is 19.4 Å². The Morgan fingerprint density at radius 2 is 2.24 bits per heavy atom. The summed E-state index contributed by atoms with van der Waals surface area (Å²) in [6.45, 7) is 2.63. The van der Waals surface area contributed by atoms with Gasteiger partial charge >= 0.3 is 0 Å². The average molecular weight is 242 g/mol. The molecule has 1 atom stereocenters. The lowest BCUT2D eigenvalue weighted by molar-refractivity contribution is -0.135. The van der Waals surface area contributed by atoms with Gasteiger partial charge in [-0.15, -0.1) is 0 Å². The molecule has 17 heavy (non-hydrogen) atoms. The van der Waals surface area contributed by atoms with Gasteiger partial charge < -0.3 is 15.3 Å². The molecule has 0 bridgehead atoms. The van der Waals surface area contributed by atoms with Gasteiger partial charge in [-0.05, 0) is 19.3 Å². The Morgan fingerprint density at radius 3 is 2.88 bits per heavy atom. The van der Waals surface area contributed by atoms with E-state index >= 15 is 0 Å². The lowest BCUT2D eigenvalue weighted by Crippen LogP contribution is -2.45. The number of hydrogen-bond acceptors (Lipinski definition) is 3. The molecule has 2 N–H and O–H groups in total. The van der Waals surface area contributed by atoms with E-state index in [9.17, 15) is 9.59 Å². The van der Waals surface area contributed by atoms with Crippen molar-refractivity contribution in [2.45, 2.75) is 45.1 Å². The van der Waals surface area contributed by atoms with Crippen LogP contribution in [0.4, 0.5) is 0 Å². The maximum absolute atomic E-state index is 11.7. The molecule has 1 aliphatic rings. The third kappa shape index (κ3) is 4.73. The quantitative estimate of drug-likeness (QED) is 0.727. The Hall–Kier alpha value is -1.10. The van der Waals surface area contributed by atoms with Crippen LogP contribution in [0, 0.1) is 0 Å². The van der Waals surface area contributed by atoms with E-state index in [2.05, 4.69) is 5.32 Å². The molecule has 0 radical (unpaired) electrons. The molecule has 1 heterocycles. The number of nitrogens with zero attached hydrogens (tertiary/aromatic N) is 1. The summed E-state index contributed by atoms with van der Waals surface area (Å²) >= 11 is 0. The van der Waals surface area contributed by atoms with Crippen molar-refractivity contribution in [3.63, 3.8) is 0 Å². The summed E-state index contributed by atoms with van der Waals surface area (Å²) in [6, 6.07) is -0.204. The minimum absolute atomic E-state index is 0.0593. The standard InChI is InChI=1S/C12H22N2O3/c1-2-10(9-15)13-11(16)8-14-7-5-3-4-6-12(14)17/h10,15H,2-9H2,1H3,(H,13,16)/t10-/m1/s1. The molecule has 0 saturated carbocycles. The monoisotopic (exact) mass is 242 g/mol. The van der Waals surface area contributed by atoms with E-state index in [4.69, 9.17) is 5.11 Å². The highest BCUT2D eigenvalue weighted by Crippen LogP contribution is 2.10. The van der Waals surface area contributed by atoms with Crippen LogP contribution < -0.4 is 5.32 Å². The lowest BCUT2D eigenvalue weighted by atomic mass is 10.2. The van der Waals surface area contributed by atoms with Gasteiger partial charge in [0, 0.05) is 13.0 Å². The topological polar surface area (TPSA) is 69.6 Å². The second kappa shape index (κ2) is 7.27. The van der Waals surface area contributed by atoms with Crippen molar-refractivity contribution in [1.29, 1.82) is 0 Å². The largest absolute Gasteiger partial charge is 0.394 e. The number of hydrogen-bond donors (Lipinski definition) is 2. The minimum atomic E-state index is -0.204.